The third-order valence-corrected chi connectivity index (χ3v) is 7.57. The Morgan fingerprint density at radius 2 is 1.75 bits per heavy atom. The summed E-state index contributed by atoms with van der Waals surface area (Å²) in [6.45, 7) is 0.126. The van der Waals surface area contributed by atoms with Crippen molar-refractivity contribution in [2.75, 3.05) is 14.2 Å². The number of carbonyl (C=O) groups is 1. The minimum absolute atomic E-state index is 0.126. The van der Waals surface area contributed by atoms with Crippen molar-refractivity contribution in [3.63, 3.8) is 0 Å². The van der Waals surface area contributed by atoms with E-state index in [0.717, 1.165) is 5.39 Å². The van der Waals surface area contributed by atoms with Gasteiger partial charge < -0.3 is 23.7 Å². The largest absolute Gasteiger partial charge is 0.496 e. The SMILES string of the molecule is COc1cc(C=Nn2c(-c3cc4c(OC)cccc4o3)nc3ccccc3c2=O)c(Br)cc1OCc1cccc(C(=O)O)c1. The summed E-state index contributed by atoms with van der Waals surface area (Å²) in [4.78, 5) is 29.7. The van der Waals surface area contributed by atoms with Gasteiger partial charge in [0.25, 0.3) is 5.56 Å². The number of para-hydroxylation sites is 1. The number of furan rings is 1. The van der Waals surface area contributed by atoms with Crippen LogP contribution in [0.1, 0.15) is 21.5 Å². The van der Waals surface area contributed by atoms with E-state index in [0.29, 0.717) is 55.1 Å². The molecule has 0 aliphatic heterocycles. The Kier molecular flexibility index (Phi) is 7.86. The first-order valence-electron chi connectivity index (χ1n) is 13.3. The molecule has 2 heterocycles. The zero-order chi connectivity index (χ0) is 30.8. The number of methoxy groups -OCH3 is 2. The van der Waals surface area contributed by atoms with E-state index >= 15 is 0 Å². The van der Waals surface area contributed by atoms with Gasteiger partial charge in [0.1, 0.15) is 17.9 Å². The van der Waals surface area contributed by atoms with Crippen LogP contribution in [0.2, 0.25) is 0 Å². The van der Waals surface area contributed by atoms with Crippen LogP contribution in [0.5, 0.6) is 17.2 Å². The van der Waals surface area contributed by atoms with Gasteiger partial charge in [-0.2, -0.15) is 9.78 Å². The molecule has 0 amide bonds. The van der Waals surface area contributed by atoms with Gasteiger partial charge in [-0.25, -0.2) is 9.78 Å². The molecular formula is C33H24BrN3O7. The molecule has 6 rings (SSSR count). The van der Waals surface area contributed by atoms with Crippen LogP contribution in [-0.2, 0) is 6.61 Å². The summed E-state index contributed by atoms with van der Waals surface area (Å²) in [7, 11) is 3.09. The molecule has 0 fully saturated rings. The maximum Gasteiger partial charge on any atom is 0.335 e. The number of aromatic carboxylic acids is 1. The summed E-state index contributed by atoms with van der Waals surface area (Å²) in [5.41, 5.74) is 2.16. The predicted octanol–water partition coefficient (Wildman–Crippen LogP) is 6.75. The third-order valence-electron chi connectivity index (χ3n) is 6.88. The van der Waals surface area contributed by atoms with Crippen LogP contribution < -0.4 is 19.8 Å². The number of carboxylic acid groups (broad SMARTS) is 1. The fourth-order valence-electron chi connectivity index (χ4n) is 4.71. The molecule has 44 heavy (non-hydrogen) atoms. The molecule has 4 aromatic carbocycles. The first kappa shape index (κ1) is 28.7. The number of halogens is 1. The van der Waals surface area contributed by atoms with Gasteiger partial charge in [0.05, 0.1) is 42.3 Å². The van der Waals surface area contributed by atoms with Crippen LogP contribution in [0.4, 0.5) is 0 Å². The number of nitrogens with zero attached hydrogens (tertiary/aromatic N) is 3. The van der Waals surface area contributed by atoms with E-state index < -0.39 is 5.97 Å². The molecule has 0 atom stereocenters. The van der Waals surface area contributed by atoms with Crippen molar-refractivity contribution in [2.24, 2.45) is 5.10 Å². The van der Waals surface area contributed by atoms with E-state index in [2.05, 4.69) is 21.0 Å². The van der Waals surface area contributed by atoms with Gasteiger partial charge in [-0.15, -0.1) is 0 Å². The van der Waals surface area contributed by atoms with Gasteiger partial charge in [0.15, 0.2) is 17.3 Å². The predicted molar refractivity (Wildman–Crippen MR) is 169 cm³/mol. The highest BCUT2D eigenvalue weighted by Crippen LogP contribution is 2.35. The summed E-state index contributed by atoms with van der Waals surface area (Å²) < 4.78 is 24.9. The number of rotatable bonds is 9. The maximum atomic E-state index is 13.7. The molecule has 2 aromatic heterocycles. The van der Waals surface area contributed by atoms with Crippen molar-refractivity contribution < 1.29 is 28.5 Å². The van der Waals surface area contributed by atoms with Crippen molar-refractivity contribution in [1.82, 2.24) is 9.66 Å². The zero-order valence-electron chi connectivity index (χ0n) is 23.5. The molecule has 10 nitrogen and oxygen atoms in total. The summed E-state index contributed by atoms with van der Waals surface area (Å²) >= 11 is 3.56. The van der Waals surface area contributed by atoms with Gasteiger partial charge in [-0.05, 0) is 76.1 Å². The Hall–Kier alpha value is -5.42. The van der Waals surface area contributed by atoms with Crippen molar-refractivity contribution >= 4 is 50.0 Å². The second-order valence-electron chi connectivity index (χ2n) is 9.62. The monoisotopic (exact) mass is 653 g/mol. The number of carboxylic acids is 1. The molecule has 0 saturated carbocycles. The smallest absolute Gasteiger partial charge is 0.335 e. The molecule has 11 heteroatoms. The lowest BCUT2D eigenvalue weighted by Crippen LogP contribution is -2.20. The van der Waals surface area contributed by atoms with Crippen LogP contribution >= 0.6 is 15.9 Å². The van der Waals surface area contributed by atoms with E-state index in [-0.39, 0.29) is 23.6 Å². The lowest BCUT2D eigenvalue weighted by Gasteiger charge is -2.13. The molecule has 220 valence electrons. The highest BCUT2D eigenvalue weighted by molar-refractivity contribution is 9.10. The minimum Gasteiger partial charge on any atom is -0.496 e. The second-order valence-corrected chi connectivity index (χ2v) is 10.5. The Labute approximate surface area is 258 Å². The Morgan fingerprint density at radius 1 is 0.955 bits per heavy atom. The fraction of sp³-hybridized carbons (Fsp3) is 0.0909. The molecule has 0 bridgehead atoms. The first-order chi connectivity index (χ1) is 21.4. The van der Waals surface area contributed by atoms with Gasteiger partial charge in [-0.1, -0.05) is 30.3 Å². The Balaban J connectivity index is 1.38. The minimum atomic E-state index is -1.01. The normalized spacial score (nSPS) is 11.3. The zero-order valence-corrected chi connectivity index (χ0v) is 25.1. The lowest BCUT2D eigenvalue weighted by molar-refractivity contribution is 0.0696. The molecule has 0 aliphatic carbocycles. The number of aromatic nitrogens is 2. The summed E-state index contributed by atoms with van der Waals surface area (Å²) in [5.74, 6) is 1.02. The number of fused-ring (bicyclic) bond motifs is 2. The van der Waals surface area contributed by atoms with E-state index in [1.54, 1.807) is 61.7 Å². The van der Waals surface area contributed by atoms with Gasteiger partial charge >= 0.3 is 5.97 Å². The number of hydrogen-bond acceptors (Lipinski definition) is 8. The van der Waals surface area contributed by atoms with Crippen LogP contribution in [0, 0.1) is 0 Å². The number of benzene rings is 4. The van der Waals surface area contributed by atoms with Crippen molar-refractivity contribution in [3.05, 3.63) is 116 Å². The van der Waals surface area contributed by atoms with E-state index in [1.165, 1.54) is 24.1 Å². The summed E-state index contributed by atoms with van der Waals surface area (Å²) in [6, 6.07) is 24.2. The molecule has 0 unspecified atom stereocenters. The average Bonchev–Trinajstić information content (AvgIpc) is 3.48. The maximum absolute atomic E-state index is 13.7. The van der Waals surface area contributed by atoms with Crippen molar-refractivity contribution in [3.8, 4) is 28.8 Å². The molecule has 0 saturated heterocycles. The molecule has 1 N–H and O–H groups in total. The van der Waals surface area contributed by atoms with Crippen molar-refractivity contribution in [2.45, 2.75) is 6.61 Å². The highest BCUT2D eigenvalue weighted by atomic mass is 79.9. The van der Waals surface area contributed by atoms with Gasteiger partial charge in [0, 0.05) is 10.0 Å². The molecule has 0 aliphatic rings. The van der Waals surface area contributed by atoms with Gasteiger partial charge in [-0.3, -0.25) is 4.79 Å². The summed E-state index contributed by atoms with van der Waals surface area (Å²) in [6.07, 6.45) is 1.51. The van der Waals surface area contributed by atoms with Crippen LogP contribution in [0.15, 0.2) is 104 Å². The van der Waals surface area contributed by atoms with Crippen LogP contribution in [0.3, 0.4) is 0 Å². The highest BCUT2D eigenvalue weighted by Gasteiger charge is 2.18. The molecule has 6 aromatic rings. The fourth-order valence-corrected chi connectivity index (χ4v) is 5.13. The average molecular weight is 654 g/mol. The van der Waals surface area contributed by atoms with Gasteiger partial charge in [0.2, 0.25) is 5.82 Å². The van der Waals surface area contributed by atoms with Crippen LogP contribution in [0.25, 0.3) is 33.5 Å². The second kappa shape index (κ2) is 12.1. The molecular weight excluding hydrogens is 630 g/mol. The lowest BCUT2D eigenvalue weighted by atomic mass is 10.1. The molecule has 0 spiro atoms. The quantitative estimate of drug-likeness (QED) is 0.170. The Morgan fingerprint density at radius 3 is 2.55 bits per heavy atom. The summed E-state index contributed by atoms with van der Waals surface area (Å²) in [5, 5.41) is 14.9. The van der Waals surface area contributed by atoms with Crippen molar-refractivity contribution in [1.29, 1.82) is 0 Å². The molecule has 0 radical (unpaired) electrons. The Bertz CT molecular complexity index is 2130. The number of ether oxygens (including phenoxy) is 3. The first-order valence-corrected chi connectivity index (χ1v) is 14.1. The van der Waals surface area contributed by atoms with E-state index in [4.69, 9.17) is 23.6 Å². The van der Waals surface area contributed by atoms with Crippen LogP contribution in [-0.4, -0.2) is 41.2 Å². The number of hydrogen-bond donors (Lipinski definition) is 1. The standard InChI is InChI=1S/C33H24BrN3O7/c1-41-26-11-6-12-27-23(26)15-30(44-27)31-36-25-10-4-3-9-22(25)32(38)37(31)35-17-21-14-28(42-2)29(16-24(21)34)43-18-19-7-5-8-20(13-19)33(39)40/h3-17H,18H2,1-2H3,(H,39,40). The third kappa shape index (κ3) is 5.52. The van der Waals surface area contributed by atoms with E-state index in [9.17, 15) is 14.7 Å². The topological polar surface area (TPSA) is 125 Å². The van der Waals surface area contributed by atoms with E-state index in [1.807, 2.05) is 24.3 Å².